The predicted octanol–water partition coefficient (Wildman–Crippen LogP) is 0.260. The van der Waals surface area contributed by atoms with E-state index in [1.807, 2.05) is 0 Å². The summed E-state index contributed by atoms with van der Waals surface area (Å²) in [5.74, 6) is -3.51. The van der Waals surface area contributed by atoms with Crippen LogP contribution in [0.25, 0.3) is 22.3 Å². The highest BCUT2D eigenvalue weighted by Crippen LogP contribution is 2.40. The monoisotopic (exact) mass is 776 g/mol. The molecule has 10 N–H and O–H groups in total. The predicted molar refractivity (Wildman–Crippen MR) is 184 cm³/mol. The average molecular weight is 777 g/mol. The minimum atomic E-state index is -2.01. The largest absolute Gasteiger partial charge is 0.508 e. The average Bonchev–Trinajstić information content (AvgIpc) is 3.15. The Morgan fingerprint density at radius 2 is 1.40 bits per heavy atom. The summed E-state index contributed by atoms with van der Waals surface area (Å²) in [6, 6.07) is 8.16. The minimum absolute atomic E-state index is 0.0440. The molecule has 0 amide bonds. The Hall–Kier alpha value is -5.09. The normalized spacial score (nSPS) is 28.2. The van der Waals surface area contributed by atoms with Crippen molar-refractivity contribution < 1.29 is 88.6 Å². The van der Waals surface area contributed by atoms with Crippen LogP contribution in [0.1, 0.15) is 12.5 Å². The number of hydrogen-bond donors (Lipinski definition) is 10. The number of ether oxygens (including phenoxy) is 7. The highest BCUT2D eigenvalue weighted by atomic mass is 16.7. The first kappa shape index (κ1) is 39.6. The number of rotatable bonds is 11. The van der Waals surface area contributed by atoms with Crippen LogP contribution >= 0.6 is 0 Å². The Kier molecular flexibility index (Phi) is 11.5. The Balaban J connectivity index is 1.26. The lowest BCUT2D eigenvalue weighted by Crippen LogP contribution is -2.62. The summed E-state index contributed by atoms with van der Waals surface area (Å²) in [5.41, 5.74) is -0.957. The van der Waals surface area contributed by atoms with Crippen LogP contribution in [0.3, 0.4) is 0 Å². The first-order valence-corrected chi connectivity index (χ1v) is 16.7. The van der Waals surface area contributed by atoms with Gasteiger partial charge >= 0.3 is 0 Å². The van der Waals surface area contributed by atoms with Gasteiger partial charge in [-0.05, 0) is 42.8 Å². The highest BCUT2D eigenvalue weighted by molar-refractivity contribution is 5.88. The van der Waals surface area contributed by atoms with Crippen molar-refractivity contribution in [1.82, 2.24) is 0 Å². The Morgan fingerprint density at radius 1 is 0.709 bits per heavy atom. The van der Waals surface area contributed by atoms with Gasteiger partial charge in [0.15, 0.2) is 35.0 Å². The molecule has 3 aromatic carbocycles. The molecule has 0 unspecified atom stereocenters. The van der Waals surface area contributed by atoms with E-state index < -0.39 is 113 Å². The molecule has 0 saturated carbocycles. The molecular formula is C36H40O19. The molecule has 19 heteroatoms. The summed E-state index contributed by atoms with van der Waals surface area (Å²) in [7, 11) is 2.67. The van der Waals surface area contributed by atoms with Gasteiger partial charge in [0.1, 0.15) is 65.2 Å². The van der Waals surface area contributed by atoms with Crippen LogP contribution in [0.15, 0.2) is 51.7 Å². The second-order valence-corrected chi connectivity index (χ2v) is 12.9. The molecule has 1 aromatic heterocycles. The Bertz CT molecular complexity index is 2040. The number of methoxy groups -OCH3 is 2. The zero-order valence-electron chi connectivity index (χ0n) is 29.4. The van der Waals surface area contributed by atoms with E-state index in [9.17, 15) is 55.9 Å². The fourth-order valence-electron chi connectivity index (χ4n) is 6.22. The molecule has 19 nitrogen and oxygen atoms in total. The van der Waals surface area contributed by atoms with Gasteiger partial charge in [-0.3, -0.25) is 4.79 Å². The number of phenolic OH excluding ortho intramolecular Hbond substituents is 5. The van der Waals surface area contributed by atoms with Crippen LogP contribution in [-0.2, 0) is 25.6 Å². The smallest absolute Gasteiger partial charge is 0.239 e. The molecule has 0 radical (unpaired) electrons. The summed E-state index contributed by atoms with van der Waals surface area (Å²) in [5, 5.41) is 105. The highest BCUT2D eigenvalue weighted by Gasteiger charge is 2.48. The summed E-state index contributed by atoms with van der Waals surface area (Å²) < 4.78 is 45.3. The first-order chi connectivity index (χ1) is 26.1. The van der Waals surface area contributed by atoms with Crippen molar-refractivity contribution in [1.29, 1.82) is 0 Å². The molecule has 298 valence electrons. The van der Waals surface area contributed by atoms with E-state index in [1.165, 1.54) is 39.3 Å². The van der Waals surface area contributed by atoms with Crippen molar-refractivity contribution in [3.05, 3.63) is 58.3 Å². The van der Waals surface area contributed by atoms with Crippen LogP contribution in [0.2, 0.25) is 0 Å². The van der Waals surface area contributed by atoms with E-state index in [1.54, 1.807) is 0 Å². The van der Waals surface area contributed by atoms with E-state index in [0.717, 1.165) is 24.3 Å². The number of aliphatic hydroxyl groups excluding tert-OH is 5. The van der Waals surface area contributed by atoms with E-state index in [2.05, 4.69) is 0 Å². The minimum Gasteiger partial charge on any atom is -0.508 e. The second-order valence-electron chi connectivity index (χ2n) is 12.9. The van der Waals surface area contributed by atoms with Crippen LogP contribution in [-0.4, -0.2) is 133 Å². The molecule has 2 saturated heterocycles. The van der Waals surface area contributed by atoms with Gasteiger partial charge < -0.3 is 88.6 Å². The quantitative estimate of drug-likeness (QED) is 0.0914. The molecule has 0 aliphatic carbocycles. The fraction of sp³-hybridized carbons (Fsp3) is 0.417. The molecule has 2 fully saturated rings. The van der Waals surface area contributed by atoms with E-state index >= 15 is 0 Å². The number of benzene rings is 3. The van der Waals surface area contributed by atoms with Crippen molar-refractivity contribution >= 4 is 11.0 Å². The fourth-order valence-corrected chi connectivity index (χ4v) is 6.22. The van der Waals surface area contributed by atoms with Gasteiger partial charge in [-0.1, -0.05) is 0 Å². The van der Waals surface area contributed by atoms with E-state index in [0.29, 0.717) is 5.56 Å². The van der Waals surface area contributed by atoms with Crippen molar-refractivity contribution in [3.63, 3.8) is 0 Å². The second kappa shape index (κ2) is 15.9. The molecule has 2 aliphatic heterocycles. The molecule has 0 spiro atoms. The van der Waals surface area contributed by atoms with Gasteiger partial charge in [-0.2, -0.15) is 0 Å². The first-order valence-electron chi connectivity index (χ1n) is 16.7. The third-order valence-electron chi connectivity index (χ3n) is 9.25. The Labute approximate surface area is 310 Å². The molecule has 55 heavy (non-hydrogen) atoms. The summed E-state index contributed by atoms with van der Waals surface area (Å²) in [4.78, 5) is 13.8. The maximum atomic E-state index is 13.8. The Morgan fingerprint density at radius 3 is 2.05 bits per heavy atom. The third-order valence-corrected chi connectivity index (χ3v) is 9.25. The van der Waals surface area contributed by atoms with Gasteiger partial charge in [0.25, 0.3) is 0 Å². The third kappa shape index (κ3) is 7.74. The number of hydrogen-bond acceptors (Lipinski definition) is 19. The number of phenols is 5. The van der Waals surface area contributed by atoms with Crippen LogP contribution in [0.5, 0.6) is 46.0 Å². The zero-order valence-corrected chi connectivity index (χ0v) is 29.4. The van der Waals surface area contributed by atoms with Gasteiger partial charge in [0.2, 0.25) is 23.2 Å². The van der Waals surface area contributed by atoms with Crippen LogP contribution in [0, 0.1) is 0 Å². The standard InChI is InChI=1S/C36H40O19/c1-13-25(41)30(46)34(50-11-14-6-21(48-2)26(42)22(7-14)49-3)36(52-13)51-12-23-27(43)29(45)31(47)35(54-23)55-33-28(44)24-19(40)9-16(37)10-20(24)53-32(33)15-4-5-17(38)18(39)8-15/h4-10,13,23,25,27,29-31,34-43,45-47H,11-12H2,1-3H3/t13-,23+,25-,27+,29-,30+,31+,34+,35-,36+/m0/s1. The van der Waals surface area contributed by atoms with Gasteiger partial charge in [-0.15, -0.1) is 0 Å². The molecule has 3 heterocycles. The van der Waals surface area contributed by atoms with Crippen LogP contribution in [0.4, 0.5) is 0 Å². The molecular weight excluding hydrogens is 736 g/mol. The van der Waals surface area contributed by atoms with Gasteiger partial charge in [0, 0.05) is 17.7 Å². The van der Waals surface area contributed by atoms with Crippen molar-refractivity contribution in [3.8, 4) is 57.3 Å². The maximum absolute atomic E-state index is 13.8. The number of aromatic hydroxyl groups is 5. The molecule has 4 aromatic rings. The topological polar surface area (TPSA) is 297 Å². The van der Waals surface area contributed by atoms with Gasteiger partial charge in [0.05, 0.1) is 33.5 Å². The summed E-state index contributed by atoms with van der Waals surface area (Å²) >= 11 is 0. The van der Waals surface area contributed by atoms with E-state index in [-0.39, 0.29) is 35.0 Å². The lowest BCUT2D eigenvalue weighted by molar-refractivity contribution is -0.325. The molecule has 0 bridgehead atoms. The summed E-state index contributed by atoms with van der Waals surface area (Å²) in [6.07, 6.45) is -16.0. The van der Waals surface area contributed by atoms with Crippen LogP contribution < -0.4 is 19.6 Å². The lowest BCUT2D eigenvalue weighted by atomic mass is 9.98. The number of aliphatic hydroxyl groups is 5. The summed E-state index contributed by atoms with van der Waals surface area (Å²) in [6.45, 7) is 0.621. The molecule has 6 rings (SSSR count). The molecule has 2 aliphatic rings. The number of fused-ring (bicyclic) bond motifs is 1. The maximum Gasteiger partial charge on any atom is 0.239 e. The SMILES string of the molecule is COc1cc(CO[C@H]2[C@H](OC[C@H]3O[C@@H](Oc4c(-c5ccc(O)c(O)c5)oc5cc(O)cc(O)c5c4=O)[C@H](O)[C@@H](O)[C@@H]3O)O[C@@H](C)[C@H](O)[C@H]2O)cc(OC)c1O. The van der Waals surface area contributed by atoms with E-state index in [4.69, 9.17) is 37.6 Å². The van der Waals surface area contributed by atoms with Crippen molar-refractivity contribution in [2.45, 2.75) is 74.9 Å². The van der Waals surface area contributed by atoms with Gasteiger partial charge in [-0.25, -0.2) is 0 Å². The lowest BCUT2D eigenvalue weighted by Gasteiger charge is -2.43. The zero-order chi connectivity index (χ0) is 39.9. The molecule has 10 atom stereocenters. The van der Waals surface area contributed by atoms with Crippen molar-refractivity contribution in [2.24, 2.45) is 0 Å². The van der Waals surface area contributed by atoms with Crippen molar-refractivity contribution in [2.75, 3.05) is 20.8 Å².